The van der Waals surface area contributed by atoms with E-state index >= 15 is 0 Å². The molecule has 0 heterocycles. The van der Waals surface area contributed by atoms with Gasteiger partial charge < -0.3 is 5.73 Å². The van der Waals surface area contributed by atoms with Gasteiger partial charge in [-0.2, -0.15) is 0 Å². The van der Waals surface area contributed by atoms with Crippen LogP contribution in [0, 0.1) is 11.6 Å². The molecule has 1 aromatic rings. The first-order chi connectivity index (χ1) is 8.84. The van der Waals surface area contributed by atoms with Gasteiger partial charge in [0.25, 0.3) is 0 Å². The largest absolute Gasteiger partial charge is 0.327 e. The van der Waals surface area contributed by atoms with Crippen LogP contribution in [0.1, 0.15) is 33.1 Å². The number of hydrogen-bond donors (Lipinski definition) is 1. The molecule has 2 N–H and O–H groups in total. The Balaban J connectivity index is 3.16. The predicted octanol–water partition coefficient (Wildman–Crippen LogP) is 2.64. The molecule has 0 saturated carbocycles. The molecular formula is C13H19F2NO2S. The molecule has 2 atom stereocenters. The molecule has 0 aliphatic rings. The van der Waals surface area contributed by atoms with Crippen LogP contribution in [-0.2, 0) is 9.84 Å². The Hall–Kier alpha value is -1.01. The van der Waals surface area contributed by atoms with Crippen molar-refractivity contribution in [2.75, 3.05) is 0 Å². The van der Waals surface area contributed by atoms with E-state index in [0.717, 1.165) is 18.6 Å². The molecular weight excluding hydrogens is 272 g/mol. The molecule has 0 spiro atoms. The minimum absolute atomic E-state index is 0.218. The van der Waals surface area contributed by atoms with E-state index < -0.39 is 32.8 Å². The highest BCUT2D eigenvalue weighted by molar-refractivity contribution is 7.92. The molecule has 0 amide bonds. The standard InChI is InChI=1S/C13H19F2NO2S/c1-3-5-12(16)13(4-2)19(17,18)9-6-7-10(14)11(15)8-9/h6-8,12-13H,3-5,16H2,1-2H3. The molecule has 0 saturated heterocycles. The highest BCUT2D eigenvalue weighted by Crippen LogP contribution is 2.23. The van der Waals surface area contributed by atoms with Crippen LogP contribution in [0.25, 0.3) is 0 Å². The smallest absolute Gasteiger partial charge is 0.182 e. The van der Waals surface area contributed by atoms with Gasteiger partial charge in [0, 0.05) is 6.04 Å². The summed E-state index contributed by atoms with van der Waals surface area (Å²) in [5, 5.41) is -0.780. The number of halogens is 2. The Morgan fingerprint density at radius 1 is 1.21 bits per heavy atom. The number of hydrogen-bond acceptors (Lipinski definition) is 3. The lowest BCUT2D eigenvalue weighted by molar-refractivity contribution is 0.500. The summed E-state index contributed by atoms with van der Waals surface area (Å²) in [6.45, 7) is 3.63. The monoisotopic (exact) mass is 291 g/mol. The van der Waals surface area contributed by atoms with Crippen LogP contribution in [0.5, 0.6) is 0 Å². The third kappa shape index (κ3) is 3.51. The minimum atomic E-state index is -3.74. The quantitative estimate of drug-likeness (QED) is 0.820. The Bertz CT molecular complexity index is 531. The van der Waals surface area contributed by atoms with Gasteiger partial charge in [0.1, 0.15) is 0 Å². The molecule has 3 nitrogen and oxygen atoms in total. The average Bonchev–Trinajstić information content (AvgIpc) is 2.33. The molecule has 0 fully saturated rings. The van der Waals surface area contributed by atoms with Crippen LogP contribution < -0.4 is 5.73 Å². The van der Waals surface area contributed by atoms with Crippen LogP contribution in [0.4, 0.5) is 8.78 Å². The molecule has 2 unspecified atom stereocenters. The van der Waals surface area contributed by atoms with Crippen molar-refractivity contribution in [3.8, 4) is 0 Å². The molecule has 1 aromatic carbocycles. The number of sulfone groups is 1. The highest BCUT2D eigenvalue weighted by Gasteiger charge is 2.31. The van der Waals surface area contributed by atoms with Crippen molar-refractivity contribution in [3.63, 3.8) is 0 Å². The first-order valence-electron chi connectivity index (χ1n) is 6.29. The number of nitrogens with two attached hydrogens (primary N) is 1. The van der Waals surface area contributed by atoms with Gasteiger partial charge in [-0.15, -0.1) is 0 Å². The van der Waals surface area contributed by atoms with Gasteiger partial charge in [0.15, 0.2) is 21.5 Å². The summed E-state index contributed by atoms with van der Waals surface area (Å²) < 4.78 is 50.8. The summed E-state index contributed by atoms with van der Waals surface area (Å²) in [7, 11) is -3.74. The average molecular weight is 291 g/mol. The van der Waals surface area contributed by atoms with Crippen LogP contribution in [0.15, 0.2) is 23.1 Å². The first kappa shape index (κ1) is 16.0. The second kappa shape index (κ2) is 6.43. The van der Waals surface area contributed by atoms with Crippen molar-refractivity contribution in [1.29, 1.82) is 0 Å². The molecule has 6 heteroatoms. The molecule has 108 valence electrons. The topological polar surface area (TPSA) is 60.2 Å². The Morgan fingerprint density at radius 3 is 2.32 bits per heavy atom. The fourth-order valence-corrected chi connectivity index (χ4v) is 4.01. The minimum Gasteiger partial charge on any atom is -0.327 e. The van der Waals surface area contributed by atoms with Gasteiger partial charge >= 0.3 is 0 Å². The zero-order chi connectivity index (χ0) is 14.6. The third-order valence-electron chi connectivity index (χ3n) is 3.12. The van der Waals surface area contributed by atoms with E-state index in [0.29, 0.717) is 18.9 Å². The second-order valence-corrected chi connectivity index (χ2v) is 6.69. The number of rotatable bonds is 6. The zero-order valence-electron chi connectivity index (χ0n) is 11.1. The molecule has 0 radical (unpaired) electrons. The van der Waals surface area contributed by atoms with E-state index in [4.69, 9.17) is 5.73 Å². The maximum Gasteiger partial charge on any atom is 0.182 e. The molecule has 0 aliphatic heterocycles. The maximum atomic E-state index is 13.2. The van der Waals surface area contributed by atoms with E-state index in [1.165, 1.54) is 0 Å². The maximum absolute atomic E-state index is 13.2. The number of benzene rings is 1. The first-order valence-corrected chi connectivity index (χ1v) is 7.83. The van der Waals surface area contributed by atoms with Gasteiger partial charge in [0.05, 0.1) is 10.1 Å². The highest BCUT2D eigenvalue weighted by atomic mass is 32.2. The lowest BCUT2D eigenvalue weighted by Crippen LogP contribution is -2.40. The van der Waals surface area contributed by atoms with Crippen molar-refractivity contribution >= 4 is 9.84 Å². The molecule has 0 aliphatic carbocycles. The summed E-state index contributed by atoms with van der Waals surface area (Å²) in [6, 6.07) is 2.11. The van der Waals surface area contributed by atoms with E-state index in [9.17, 15) is 17.2 Å². The molecule has 0 aromatic heterocycles. The van der Waals surface area contributed by atoms with Gasteiger partial charge in [-0.3, -0.25) is 0 Å². The molecule has 19 heavy (non-hydrogen) atoms. The lowest BCUT2D eigenvalue weighted by Gasteiger charge is -2.22. The predicted molar refractivity (Wildman–Crippen MR) is 70.5 cm³/mol. The van der Waals surface area contributed by atoms with Crippen molar-refractivity contribution < 1.29 is 17.2 Å². The summed E-state index contributed by atoms with van der Waals surface area (Å²) >= 11 is 0. The van der Waals surface area contributed by atoms with Gasteiger partial charge in [-0.05, 0) is 31.0 Å². The third-order valence-corrected chi connectivity index (χ3v) is 5.51. The summed E-state index contributed by atoms with van der Waals surface area (Å²) in [4.78, 5) is -0.218. The fraction of sp³-hybridized carbons (Fsp3) is 0.538. The van der Waals surface area contributed by atoms with Gasteiger partial charge in [-0.25, -0.2) is 17.2 Å². The molecule has 1 rings (SSSR count). The van der Waals surface area contributed by atoms with Crippen molar-refractivity contribution in [1.82, 2.24) is 0 Å². The van der Waals surface area contributed by atoms with Crippen LogP contribution in [0.3, 0.4) is 0 Å². The van der Waals surface area contributed by atoms with Crippen molar-refractivity contribution in [3.05, 3.63) is 29.8 Å². The van der Waals surface area contributed by atoms with Crippen molar-refractivity contribution in [2.45, 2.75) is 49.3 Å². The van der Waals surface area contributed by atoms with Crippen LogP contribution in [0.2, 0.25) is 0 Å². The van der Waals surface area contributed by atoms with Crippen LogP contribution in [-0.4, -0.2) is 19.7 Å². The van der Waals surface area contributed by atoms with Gasteiger partial charge in [-0.1, -0.05) is 20.3 Å². The summed E-state index contributed by atoms with van der Waals surface area (Å²) in [5.41, 5.74) is 5.88. The molecule has 0 bridgehead atoms. The SMILES string of the molecule is CCCC(N)C(CC)S(=O)(=O)c1ccc(F)c(F)c1. The van der Waals surface area contributed by atoms with Crippen molar-refractivity contribution in [2.24, 2.45) is 5.73 Å². The Kier molecular flexibility index (Phi) is 5.43. The van der Waals surface area contributed by atoms with E-state index in [1.807, 2.05) is 6.92 Å². The van der Waals surface area contributed by atoms with E-state index in [1.54, 1.807) is 6.92 Å². The van der Waals surface area contributed by atoms with Crippen LogP contribution >= 0.6 is 0 Å². The Labute approximate surface area is 112 Å². The second-order valence-electron chi connectivity index (χ2n) is 4.52. The summed E-state index contributed by atoms with van der Waals surface area (Å²) in [5.74, 6) is -2.23. The Morgan fingerprint density at radius 2 is 1.84 bits per heavy atom. The van der Waals surface area contributed by atoms with Gasteiger partial charge in [0.2, 0.25) is 0 Å². The fourth-order valence-electron chi connectivity index (χ4n) is 2.10. The lowest BCUT2D eigenvalue weighted by atomic mass is 10.1. The van der Waals surface area contributed by atoms with E-state index in [2.05, 4.69) is 0 Å². The normalized spacial score (nSPS) is 15.2. The summed E-state index contributed by atoms with van der Waals surface area (Å²) in [6.07, 6.45) is 1.68. The zero-order valence-corrected chi connectivity index (χ0v) is 11.9. The van der Waals surface area contributed by atoms with E-state index in [-0.39, 0.29) is 4.90 Å².